The monoisotopic (exact) mass is 211 g/mol. The predicted molar refractivity (Wildman–Crippen MR) is 54.2 cm³/mol. The minimum Gasteiger partial charge on any atom is -0.481 e. The Bertz CT molecular complexity index is 290. The van der Waals surface area contributed by atoms with Crippen molar-refractivity contribution in [1.82, 2.24) is 4.90 Å². The van der Waals surface area contributed by atoms with Gasteiger partial charge in [0.05, 0.1) is 5.92 Å². The molecule has 0 aromatic heterocycles. The van der Waals surface area contributed by atoms with E-state index in [1.165, 1.54) is 0 Å². The van der Waals surface area contributed by atoms with Gasteiger partial charge < -0.3 is 10.0 Å². The number of nitrogens with zero attached hydrogens (tertiary/aromatic N) is 1. The van der Waals surface area contributed by atoms with Gasteiger partial charge in [-0.2, -0.15) is 0 Å². The van der Waals surface area contributed by atoms with Gasteiger partial charge in [0.1, 0.15) is 0 Å². The number of carboxylic acid groups (broad SMARTS) is 1. The number of hydrogen-bond donors (Lipinski definition) is 1. The number of carboxylic acids is 1. The van der Waals surface area contributed by atoms with Gasteiger partial charge in [0.15, 0.2) is 0 Å². The molecule has 1 N–H and O–H groups in total. The minimum atomic E-state index is -0.767. The summed E-state index contributed by atoms with van der Waals surface area (Å²) >= 11 is 0. The zero-order chi connectivity index (χ0) is 11.0. The van der Waals surface area contributed by atoms with E-state index in [9.17, 15) is 9.59 Å². The topological polar surface area (TPSA) is 57.6 Å². The van der Waals surface area contributed by atoms with E-state index in [1.807, 2.05) is 0 Å². The van der Waals surface area contributed by atoms with Gasteiger partial charge in [0, 0.05) is 19.0 Å². The van der Waals surface area contributed by atoms with Gasteiger partial charge >= 0.3 is 5.97 Å². The second-order valence-corrected chi connectivity index (χ2v) is 4.78. The first kappa shape index (κ1) is 10.5. The van der Waals surface area contributed by atoms with E-state index >= 15 is 0 Å². The molecule has 2 rings (SSSR count). The molecule has 3 atom stereocenters. The van der Waals surface area contributed by atoms with Crippen LogP contribution in [0.25, 0.3) is 0 Å². The number of likely N-dealkylation sites (tertiary alicyclic amines) is 1. The molecule has 0 radical (unpaired) electrons. The standard InChI is InChI=1S/C11H17NO3/c1-7-5-9(7)10(13)12-4-2-3-8(6-12)11(14)15/h7-9H,2-6H2,1H3,(H,14,15)/t7?,8-,9?/m1/s1. The molecule has 0 bridgehead atoms. The predicted octanol–water partition coefficient (Wildman–Crippen LogP) is 0.966. The Morgan fingerprint density at radius 3 is 2.60 bits per heavy atom. The molecule has 0 aromatic rings. The van der Waals surface area contributed by atoms with Gasteiger partial charge in [0.25, 0.3) is 0 Å². The fourth-order valence-corrected chi connectivity index (χ4v) is 2.28. The number of piperidine rings is 1. The summed E-state index contributed by atoms with van der Waals surface area (Å²) in [5, 5.41) is 8.91. The Kier molecular flexibility index (Phi) is 2.67. The Balaban J connectivity index is 1.92. The van der Waals surface area contributed by atoms with Crippen molar-refractivity contribution in [1.29, 1.82) is 0 Å². The molecule has 4 nitrogen and oxygen atoms in total. The van der Waals surface area contributed by atoms with Crippen LogP contribution in [0.3, 0.4) is 0 Å². The van der Waals surface area contributed by atoms with Gasteiger partial charge in [-0.1, -0.05) is 6.92 Å². The molecule has 1 aliphatic heterocycles. The van der Waals surface area contributed by atoms with Gasteiger partial charge in [0.2, 0.25) is 5.91 Å². The molecule has 84 valence electrons. The van der Waals surface area contributed by atoms with Crippen molar-refractivity contribution in [2.24, 2.45) is 17.8 Å². The third-order valence-electron chi connectivity index (χ3n) is 3.51. The lowest BCUT2D eigenvalue weighted by atomic mass is 9.98. The van der Waals surface area contributed by atoms with Crippen molar-refractivity contribution in [2.75, 3.05) is 13.1 Å². The van der Waals surface area contributed by atoms with Crippen LogP contribution >= 0.6 is 0 Å². The third kappa shape index (κ3) is 2.13. The lowest BCUT2D eigenvalue weighted by Crippen LogP contribution is -2.43. The molecule has 1 aliphatic carbocycles. The number of rotatable bonds is 2. The number of aliphatic carboxylic acids is 1. The Morgan fingerprint density at radius 1 is 1.40 bits per heavy atom. The maximum atomic E-state index is 11.9. The molecule has 1 saturated carbocycles. The molecule has 1 amide bonds. The van der Waals surface area contributed by atoms with Gasteiger partial charge in [-0.25, -0.2) is 0 Å². The van der Waals surface area contributed by atoms with Crippen LogP contribution in [0.2, 0.25) is 0 Å². The minimum absolute atomic E-state index is 0.174. The second-order valence-electron chi connectivity index (χ2n) is 4.78. The Labute approximate surface area is 89.3 Å². The maximum Gasteiger partial charge on any atom is 0.308 e. The average Bonchev–Trinajstić information content (AvgIpc) is 2.94. The van der Waals surface area contributed by atoms with Crippen LogP contribution in [-0.2, 0) is 9.59 Å². The smallest absolute Gasteiger partial charge is 0.308 e. The Hall–Kier alpha value is -1.06. The summed E-state index contributed by atoms with van der Waals surface area (Å²) in [6, 6.07) is 0. The summed E-state index contributed by atoms with van der Waals surface area (Å²) in [5.74, 6) is -0.262. The number of carbonyl (C=O) groups is 2. The summed E-state index contributed by atoms with van der Waals surface area (Å²) in [7, 11) is 0. The fourth-order valence-electron chi connectivity index (χ4n) is 2.28. The summed E-state index contributed by atoms with van der Waals surface area (Å²) in [4.78, 5) is 24.5. The summed E-state index contributed by atoms with van der Waals surface area (Å²) in [6.07, 6.45) is 2.51. The van der Waals surface area contributed by atoms with Crippen LogP contribution in [0.5, 0.6) is 0 Å². The number of carbonyl (C=O) groups excluding carboxylic acids is 1. The first-order chi connectivity index (χ1) is 7.09. The molecule has 0 aromatic carbocycles. The average molecular weight is 211 g/mol. The lowest BCUT2D eigenvalue weighted by Gasteiger charge is -2.30. The van der Waals surface area contributed by atoms with Crippen LogP contribution in [0.4, 0.5) is 0 Å². The van der Waals surface area contributed by atoms with E-state index in [1.54, 1.807) is 4.90 Å². The van der Waals surface area contributed by atoms with E-state index in [2.05, 4.69) is 6.92 Å². The molecule has 15 heavy (non-hydrogen) atoms. The molecule has 2 aliphatic rings. The van der Waals surface area contributed by atoms with Crippen LogP contribution in [0, 0.1) is 17.8 Å². The van der Waals surface area contributed by atoms with Crippen LogP contribution in [-0.4, -0.2) is 35.0 Å². The van der Waals surface area contributed by atoms with E-state index in [-0.39, 0.29) is 17.7 Å². The van der Waals surface area contributed by atoms with Gasteiger partial charge in [-0.3, -0.25) is 9.59 Å². The summed E-state index contributed by atoms with van der Waals surface area (Å²) in [5.41, 5.74) is 0. The number of hydrogen-bond acceptors (Lipinski definition) is 2. The highest BCUT2D eigenvalue weighted by Crippen LogP contribution is 2.39. The normalized spacial score (nSPS) is 35.0. The quantitative estimate of drug-likeness (QED) is 0.740. The first-order valence-corrected chi connectivity index (χ1v) is 5.61. The van der Waals surface area contributed by atoms with E-state index in [0.717, 1.165) is 19.4 Å². The molecule has 1 saturated heterocycles. The zero-order valence-electron chi connectivity index (χ0n) is 8.98. The molecule has 2 unspecified atom stereocenters. The van der Waals surface area contributed by atoms with Crippen molar-refractivity contribution in [3.8, 4) is 0 Å². The molecule has 4 heteroatoms. The highest BCUT2D eigenvalue weighted by molar-refractivity contribution is 5.82. The molecular formula is C11H17NO3. The maximum absolute atomic E-state index is 11.9. The molecule has 2 fully saturated rings. The molecule has 0 spiro atoms. The van der Waals surface area contributed by atoms with Crippen molar-refractivity contribution < 1.29 is 14.7 Å². The van der Waals surface area contributed by atoms with E-state index in [0.29, 0.717) is 18.9 Å². The zero-order valence-corrected chi connectivity index (χ0v) is 8.98. The van der Waals surface area contributed by atoms with Crippen LogP contribution in [0.1, 0.15) is 26.2 Å². The van der Waals surface area contributed by atoms with E-state index in [4.69, 9.17) is 5.11 Å². The van der Waals surface area contributed by atoms with Crippen LogP contribution in [0.15, 0.2) is 0 Å². The Morgan fingerprint density at radius 2 is 2.07 bits per heavy atom. The lowest BCUT2D eigenvalue weighted by molar-refractivity contribution is -0.146. The SMILES string of the molecule is CC1CC1C(=O)N1CCC[C@@H](C(=O)O)C1. The van der Waals surface area contributed by atoms with Crippen molar-refractivity contribution in [3.05, 3.63) is 0 Å². The summed E-state index contributed by atoms with van der Waals surface area (Å²) in [6.45, 7) is 3.23. The number of amides is 1. The highest BCUT2D eigenvalue weighted by Gasteiger charge is 2.42. The first-order valence-electron chi connectivity index (χ1n) is 5.61. The van der Waals surface area contributed by atoms with E-state index < -0.39 is 5.97 Å². The van der Waals surface area contributed by atoms with Gasteiger partial charge in [-0.15, -0.1) is 0 Å². The largest absolute Gasteiger partial charge is 0.481 e. The summed E-state index contributed by atoms with van der Waals surface area (Å²) < 4.78 is 0. The molecule has 1 heterocycles. The second kappa shape index (κ2) is 3.83. The van der Waals surface area contributed by atoms with Crippen molar-refractivity contribution >= 4 is 11.9 Å². The fraction of sp³-hybridized carbons (Fsp3) is 0.818. The molecular weight excluding hydrogens is 194 g/mol. The third-order valence-corrected chi connectivity index (χ3v) is 3.51. The highest BCUT2D eigenvalue weighted by atomic mass is 16.4. The van der Waals surface area contributed by atoms with Gasteiger partial charge in [-0.05, 0) is 25.2 Å². The van der Waals surface area contributed by atoms with Crippen molar-refractivity contribution in [3.63, 3.8) is 0 Å². The van der Waals surface area contributed by atoms with Crippen LogP contribution < -0.4 is 0 Å². The van der Waals surface area contributed by atoms with Crippen molar-refractivity contribution in [2.45, 2.75) is 26.2 Å².